The standard InChI is InChI=1S/C9H14N4O4/c10-12-8(15)6-2-1-5(17-6)4-13-7(14)3-11-9(13)16/h5-6H,1-4,10H2,(H,11,16)(H,12,15). The van der Waals surface area contributed by atoms with Crippen LogP contribution in [0.2, 0.25) is 0 Å². The minimum absolute atomic E-state index is 0.0261. The van der Waals surface area contributed by atoms with Crippen molar-refractivity contribution < 1.29 is 19.1 Å². The highest BCUT2D eigenvalue weighted by Crippen LogP contribution is 2.21. The molecule has 17 heavy (non-hydrogen) atoms. The summed E-state index contributed by atoms with van der Waals surface area (Å²) in [7, 11) is 0. The summed E-state index contributed by atoms with van der Waals surface area (Å²) in [5.41, 5.74) is 2.01. The highest BCUT2D eigenvalue weighted by Gasteiger charge is 2.36. The third-order valence-corrected chi connectivity index (χ3v) is 2.87. The first kappa shape index (κ1) is 11.8. The molecule has 94 valence electrons. The molecule has 2 atom stereocenters. The Balaban J connectivity index is 1.87. The number of hydrogen-bond donors (Lipinski definition) is 3. The van der Waals surface area contributed by atoms with Crippen molar-refractivity contribution in [2.24, 2.45) is 5.84 Å². The average molecular weight is 242 g/mol. The van der Waals surface area contributed by atoms with Crippen molar-refractivity contribution in [3.8, 4) is 0 Å². The van der Waals surface area contributed by atoms with Crippen LogP contribution >= 0.6 is 0 Å². The Morgan fingerprint density at radius 2 is 2.29 bits per heavy atom. The summed E-state index contributed by atoms with van der Waals surface area (Å²) >= 11 is 0. The zero-order valence-corrected chi connectivity index (χ0v) is 9.14. The molecule has 2 unspecified atom stereocenters. The third kappa shape index (κ3) is 2.37. The first-order valence-electron chi connectivity index (χ1n) is 5.36. The van der Waals surface area contributed by atoms with E-state index in [0.717, 1.165) is 4.90 Å². The van der Waals surface area contributed by atoms with Crippen LogP contribution in [-0.2, 0) is 14.3 Å². The van der Waals surface area contributed by atoms with Gasteiger partial charge in [-0.25, -0.2) is 10.6 Å². The van der Waals surface area contributed by atoms with Gasteiger partial charge in [0.15, 0.2) is 0 Å². The van der Waals surface area contributed by atoms with Gasteiger partial charge in [0.1, 0.15) is 6.10 Å². The highest BCUT2D eigenvalue weighted by molar-refractivity contribution is 6.01. The van der Waals surface area contributed by atoms with Crippen LogP contribution in [0.15, 0.2) is 0 Å². The highest BCUT2D eigenvalue weighted by atomic mass is 16.5. The summed E-state index contributed by atoms with van der Waals surface area (Å²) in [6.07, 6.45) is 0.267. The number of carbonyl (C=O) groups is 3. The van der Waals surface area contributed by atoms with Crippen molar-refractivity contribution in [1.29, 1.82) is 0 Å². The molecule has 0 bridgehead atoms. The molecule has 2 fully saturated rings. The van der Waals surface area contributed by atoms with Gasteiger partial charge in [0.05, 0.1) is 19.2 Å². The van der Waals surface area contributed by atoms with E-state index < -0.39 is 12.1 Å². The van der Waals surface area contributed by atoms with Crippen molar-refractivity contribution >= 4 is 17.8 Å². The third-order valence-electron chi connectivity index (χ3n) is 2.87. The largest absolute Gasteiger partial charge is 0.363 e. The van der Waals surface area contributed by atoms with Crippen molar-refractivity contribution in [2.75, 3.05) is 13.1 Å². The fourth-order valence-corrected chi connectivity index (χ4v) is 1.97. The van der Waals surface area contributed by atoms with E-state index in [1.165, 1.54) is 0 Å². The number of urea groups is 1. The Morgan fingerprint density at radius 1 is 1.53 bits per heavy atom. The van der Waals surface area contributed by atoms with Crippen molar-refractivity contribution in [3.63, 3.8) is 0 Å². The Hall–Kier alpha value is -1.67. The van der Waals surface area contributed by atoms with E-state index in [1.54, 1.807) is 0 Å². The van der Waals surface area contributed by atoms with Gasteiger partial charge in [-0.15, -0.1) is 0 Å². The maximum absolute atomic E-state index is 11.3. The molecule has 0 aromatic carbocycles. The van der Waals surface area contributed by atoms with Crippen LogP contribution in [-0.4, -0.2) is 48.0 Å². The summed E-state index contributed by atoms with van der Waals surface area (Å²) in [6.45, 7) is 0.206. The molecule has 0 spiro atoms. The molecule has 4 N–H and O–H groups in total. The number of nitrogens with zero attached hydrogens (tertiary/aromatic N) is 1. The number of nitrogens with one attached hydrogen (secondary N) is 2. The van der Waals surface area contributed by atoms with Crippen LogP contribution in [0, 0.1) is 0 Å². The van der Waals surface area contributed by atoms with Crippen LogP contribution < -0.4 is 16.6 Å². The molecule has 0 saturated carbocycles. The van der Waals surface area contributed by atoms with Gasteiger partial charge in [0.2, 0.25) is 5.91 Å². The molecule has 4 amide bonds. The molecule has 2 saturated heterocycles. The van der Waals surface area contributed by atoms with Gasteiger partial charge in [-0.1, -0.05) is 0 Å². The van der Waals surface area contributed by atoms with E-state index in [4.69, 9.17) is 10.6 Å². The lowest BCUT2D eigenvalue weighted by Crippen LogP contribution is -2.41. The fourth-order valence-electron chi connectivity index (χ4n) is 1.97. The predicted octanol–water partition coefficient (Wildman–Crippen LogP) is -1.92. The van der Waals surface area contributed by atoms with E-state index in [-0.39, 0.29) is 31.0 Å². The summed E-state index contributed by atoms with van der Waals surface area (Å²) in [5, 5.41) is 2.42. The van der Waals surface area contributed by atoms with Gasteiger partial charge in [-0.05, 0) is 12.8 Å². The van der Waals surface area contributed by atoms with E-state index >= 15 is 0 Å². The van der Waals surface area contributed by atoms with Crippen LogP contribution in [0.4, 0.5) is 4.79 Å². The lowest BCUT2D eigenvalue weighted by molar-refractivity contribution is -0.133. The fraction of sp³-hybridized carbons (Fsp3) is 0.667. The predicted molar refractivity (Wildman–Crippen MR) is 55.3 cm³/mol. The first-order chi connectivity index (χ1) is 8.11. The molecule has 2 rings (SSSR count). The van der Waals surface area contributed by atoms with Gasteiger partial charge in [0.25, 0.3) is 5.91 Å². The molecule has 0 aliphatic carbocycles. The quantitative estimate of drug-likeness (QED) is 0.231. The number of imide groups is 1. The Kier molecular flexibility index (Phi) is 3.25. The van der Waals surface area contributed by atoms with Crippen LogP contribution in [0.1, 0.15) is 12.8 Å². The number of rotatable bonds is 3. The van der Waals surface area contributed by atoms with E-state index in [2.05, 4.69) is 5.32 Å². The normalized spacial score (nSPS) is 28.4. The SMILES string of the molecule is NNC(=O)C1CCC(CN2C(=O)CNC2=O)O1. The van der Waals surface area contributed by atoms with Crippen LogP contribution in [0.3, 0.4) is 0 Å². The second-order valence-electron chi connectivity index (χ2n) is 4.00. The Labute approximate surface area is 97.4 Å². The number of hydrazine groups is 1. The van der Waals surface area contributed by atoms with Crippen molar-refractivity contribution in [1.82, 2.24) is 15.6 Å². The summed E-state index contributed by atoms with van der Waals surface area (Å²) in [6, 6.07) is -0.412. The molecule has 0 radical (unpaired) electrons. The summed E-state index contributed by atoms with van der Waals surface area (Å²) in [4.78, 5) is 34.9. The van der Waals surface area contributed by atoms with Crippen LogP contribution in [0.5, 0.6) is 0 Å². The van der Waals surface area contributed by atoms with E-state index in [9.17, 15) is 14.4 Å². The number of amides is 4. The zero-order valence-electron chi connectivity index (χ0n) is 9.14. The zero-order chi connectivity index (χ0) is 12.4. The monoisotopic (exact) mass is 242 g/mol. The molecule has 0 aromatic rings. The lowest BCUT2D eigenvalue weighted by Gasteiger charge is -2.18. The molecule has 2 heterocycles. The van der Waals surface area contributed by atoms with Gasteiger partial charge >= 0.3 is 6.03 Å². The van der Waals surface area contributed by atoms with E-state index in [1.807, 2.05) is 5.43 Å². The van der Waals surface area contributed by atoms with Gasteiger partial charge in [0, 0.05) is 0 Å². The molecule has 8 nitrogen and oxygen atoms in total. The summed E-state index contributed by atoms with van der Waals surface area (Å²) in [5.74, 6) is 4.34. The second kappa shape index (κ2) is 4.68. The lowest BCUT2D eigenvalue weighted by atomic mass is 10.2. The van der Waals surface area contributed by atoms with Gasteiger partial charge in [-0.2, -0.15) is 0 Å². The number of carbonyl (C=O) groups excluding carboxylic acids is 3. The molecule has 0 aromatic heterocycles. The van der Waals surface area contributed by atoms with Crippen molar-refractivity contribution in [2.45, 2.75) is 25.0 Å². The first-order valence-corrected chi connectivity index (χ1v) is 5.36. The van der Waals surface area contributed by atoms with Gasteiger partial charge in [-0.3, -0.25) is 19.9 Å². The minimum Gasteiger partial charge on any atom is -0.363 e. The minimum atomic E-state index is -0.592. The number of ether oxygens (including phenoxy) is 1. The molecule has 8 heteroatoms. The van der Waals surface area contributed by atoms with E-state index in [0.29, 0.717) is 12.8 Å². The number of hydrogen-bond acceptors (Lipinski definition) is 5. The molecular weight excluding hydrogens is 228 g/mol. The molecule has 2 aliphatic heterocycles. The van der Waals surface area contributed by atoms with Crippen LogP contribution in [0.25, 0.3) is 0 Å². The molecule has 2 aliphatic rings. The second-order valence-corrected chi connectivity index (χ2v) is 4.00. The maximum Gasteiger partial charge on any atom is 0.324 e. The maximum atomic E-state index is 11.3. The average Bonchev–Trinajstić information content (AvgIpc) is 2.90. The topological polar surface area (TPSA) is 114 Å². The Morgan fingerprint density at radius 3 is 2.88 bits per heavy atom. The smallest absolute Gasteiger partial charge is 0.324 e. The Bertz CT molecular complexity index is 343. The number of nitrogens with two attached hydrogens (primary N) is 1. The van der Waals surface area contributed by atoms with Crippen molar-refractivity contribution in [3.05, 3.63) is 0 Å². The van der Waals surface area contributed by atoms with Gasteiger partial charge < -0.3 is 10.1 Å². The molecular formula is C9H14N4O4. The summed E-state index contributed by atoms with van der Waals surface area (Å²) < 4.78 is 5.41.